The predicted molar refractivity (Wildman–Crippen MR) is 89.8 cm³/mol. The molecule has 0 spiro atoms. The Hall–Kier alpha value is -2.62. The average molecular weight is 406 g/mol. The molecule has 0 aromatic heterocycles. The number of thiocarbonyl (C=S) groups is 1. The highest BCUT2D eigenvalue weighted by Gasteiger charge is 2.33. The second-order valence-corrected chi connectivity index (χ2v) is 5.78. The number of carbonyl (C=O) groups excluding carboxylic acids is 1. The van der Waals surface area contributed by atoms with Crippen molar-refractivity contribution in [3.05, 3.63) is 70.8 Å². The zero-order chi connectivity index (χ0) is 20.2. The number of hydrogen-bond acceptors (Lipinski definition) is 2. The van der Waals surface area contributed by atoms with E-state index >= 15 is 0 Å². The Morgan fingerprint density at radius 1 is 0.889 bits per heavy atom. The lowest BCUT2D eigenvalue weighted by molar-refractivity contribution is -0.138. The van der Waals surface area contributed by atoms with Gasteiger partial charge in [-0.15, -0.1) is 0 Å². The maximum absolute atomic E-state index is 12.9. The minimum absolute atomic E-state index is 0.0730. The van der Waals surface area contributed by atoms with Crippen molar-refractivity contribution in [1.82, 2.24) is 10.6 Å². The molecular weight excluding hydrogens is 394 g/mol. The SMILES string of the molecule is O=C(NC(=S)NCc1ccccc1C(F)(F)F)c1ccc(C(F)(F)F)cc1. The van der Waals surface area contributed by atoms with Crippen molar-refractivity contribution in [2.45, 2.75) is 18.9 Å². The molecule has 0 aliphatic heterocycles. The van der Waals surface area contributed by atoms with Crippen molar-refractivity contribution in [1.29, 1.82) is 0 Å². The van der Waals surface area contributed by atoms with E-state index in [0.29, 0.717) is 0 Å². The van der Waals surface area contributed by atoms with Crippen LogP contribution in [0.2, 0.25) is 0 Å². The molecule has 1 amide bonds. The molecule has 0 saturated carbocycles. The van der Waals surface area contributed by atoms with Crippen LogP contribution in [0.4, 0.5) is 26.3 Å². The smallest absolute Gasteiger partial charge is 0.358 e. The number of carbonyl (C=O) groups is 1. The lowest BCUT2D eigenvalue weighted by Crippen LogP contribution is -2.39. The van der Waals surface area contributed by atoms with E-state index in [9.17, 15) is 31.1 Å². The van der Waals surface area contributed by atoms with Gasteiger partial charge in [0.25, 0.3) is 5.91 Å². The zero-order valence-corrected chi connectivity index (χ0v) is 14.2. The van der Waals surface area contributed by atoms with Crippen LogP contribution in [0.5, 0.6) is 0 Å². The molecule has 27 heavy (non-hydrogen) atoms. The second kappa shape index (κ2) is 7.95. The Balaban J connectivity index is 1.98. The van der Waals surface area contributed by atoms with Gasteiger partial charge in [-0.1, -0.05) is 18.2 Å². The maximum atomic E-state index is 12.9. The van der Waals surface area contributed by atoms with Crippen LogP contribution in [-0.2, 0) is 18.9 Å². The fraction of sp³-hybridized carbons (Fsp3) is 0.176. The fourth-order valence-electron chi connectivity index (χ4n) is 2.16. The van der Waals surface area contributed by atoms with E-state index in [1.54, 1.807) is 0 Å². The molecule has 2 aromatic rings. The van der Waals surface area contributed by atoms with Crippen molar-refractivity contribution < 1.29 is 31.1 Å². The van der Waals surface area contributed by atoms with Gasteiger partial charge in [-0.05, 0) is 48.1 Å². The first-order chi connectivity index (χ1) is 12.5. The molecule has 0 fully saturated rings. The third-order valence-electron chi connectivity index (χ3n) is 3.46. The molecule has 0 bridgehead atoms. The number of amides is 1. The highest BCUT2D eigenvalue weighted by atomic mass is 32.1. The topological polar surface area (TPSA) is 41.1 Å². The molecule has 0 heterocycles. The first-order valence-electron chi connectivity index (χ1n) is 7.40. The Morgan fingerprint density at radius 3 is 2.04 bits per heavy atom. The highest BCUT2D eigenvalue weighted by Crippen LogP contribution is 2.31. The molecule has 0 aliphatic rings. The monoisotopic (exact) mass is 406 g/mol. The van der Waals surface area contributed by atoms with Crippen LogP contribution in [0.3, 0.4) is 0 Å². The van der Waals surface area contributed by atoms with Gasteiger partial charge in [-0.25, -0.2) is 0 Å². The van der Waals surface area contributed by atoms with Gasteiger partial charge in [0.1, 0.15) is 0 Å². The summed E-state index contributed by atoms with van der Waals surface area (Å²) in [5.41, 5.74) is -1.91. The van der Waals surface area contributed by atoms with Crippen molar-refractivity contribution >= 4 is 23.2 Å². The van der Waals surface area contributed by atoms with E-state index in [-0.39, 0.29) is 22.8 Å². The van der Waals surface area contributed by atoms with E-state index in [1.165, 1.54) is 18.2 Å². The summed E-state index contributed by atoms with van der Waals surface area (Å²) in [7, 11) is 0. The quantitative estimate of drug-likeness (QED) is 0.582. The van der Waals surface area contributed by atoms with E-state index < -0.39 is 29.4 Å². The number of benzene rings is 2. The van der Waals surface area contributed by atoms with Crippen LogP contribution < -0.4 is 10.6 Å². The van der Waals surface area contributed by atoms with Gasteiger partial charge < -0.3 is 5.32 Å². The van der Waals surface area contributed by atoms with Crippen molar-refractivity contribution in [3.8, 4) is 0 Å². The predicted octanol–water partition coefficient (Wildman–Crippen LogP) is 4.53. The van der Waals surface area contributed by atoms with E-state index in [1.807, 2.05) is 0 Å². The zero-order valence-electron chi connectivity index (χ0n) is 13.4. The van der Waals surface area contributed by atoms with Crippen molar-refractivity contribution in [2.75, 3.05) is 0 Å². The number of rotatable bonds is 3. The van der Waals surface area contributed by atoms with Gasteiger partial charge in [-0.2, -0.15) is 26.3 Å². The van der Waals surface area contributed by atoms with Gasteiger partial charge in [0.15, 0.2) is 5.11 Å². The fourth-order valence-corrected chi connectivity index (χ4v) is 2.32. The number of halogens is 6. The highest BCUT2D eigenvalue weighted by molar-refractivity contribution is 7.80. The molecule has 0 saturated heterocycles. The van der Waals surface area contributed by atoms with Gasteiger partial charge in [0, 0.05) is 12.1 Å². The van der Waals surface area contributed by atoms with E-state index in [4.69, 9.17) is 12.2 Å². The standard InChI is InChI=1S/C17H12F6N2OS/c18-16(19,20)12-7-5-10(6-8-12)14(26)25-15(27)24-9-11-3-1-2-4-13(11)17(21,22)23/h1-8H,9H2,(H2,24,25,26,27). The molecule has 2 aromatic carbocycles. The Labute approximate surface area is 155 Å². The molecule has 3 nitrogen and oxygen atoms in total. The molecule has 2 N–H and O–H groups in total. The van der Waals surface area contributed by atoms with E-state index in [2.05, 4.69) is 10.6 Å². The average Bonchev–Trinajstić information content (AvgIpc) is 2.58. The number of nitrogens with one attached hydrogen (secondary N) is 2. The first-order valence-corrected chi connectivity index (χ1v) is 7.81. The molecule has 0 unspecified atom stereocenters. The third kappa shape index (κ3) is 5.68. The summed E-state index contributed by atoms with van der Waals surface area (Å²) in [6.07, 6.45) is -9.07. The molecule has 0 aliphatic carbocycles. The summed E-state index contributed by atoms with van der Waals surface area (Å²) in [6.45, 7) is -0.290. The van der Waals surface area contributed by atoms with E-state index in [0.717, 1.165) is 30.3 Å². The lowest BCUT2D eigenvalue weighted by atomic mass is 10.1. The maximum Gasteiger partial charge on any atom is 0.416 e. The summed E-state index contributed by atoms with van der Waals surface area (Å²) in [5.74, 6) is -0.787. The van der Waals surface area contributed by atoms with Gasteiger partial charge >= 0.3 is 12.4 Å². The summed E-state index contributed by atoms with van der Waals surface area (Å²) in [5, 5.41) is 4.42. The lowest BCUT2D eigenvalue weighted by Gasteiger charge is -2.14. The first kappa shape index (κ1) is 20.7. The van der Waals surface area contributed by atoms with Crippen LogP contribution in [0.1, 0.15) is 27.0 Å². The summed E-state index contributed by atoms with van der Waals surface area (Å²) < 4.78 is 76.2. The molecule has 144 valence electrons. The van der Waals surface area contributed by atoms with Gasteiger partial charge in [0.05, 0.1) is 11.1 Å². The molecule has 0 atom stereocenters. The molecular formula is C17H12F6N2OS. The molecule has 10 heteroatoms. The van der Waals surface area contributed by atoms with Crippen LogP contribution in [0.25, 0.3) is 0 Å². The van der Waals surface area contributed by atoms with Crippen molar-refractivity contribution in [2.24, 2.45) is 0 Å². The third-order valence-corrected chi connectivity index (χ3v) is 3.71. The van der Waals surface area contributed by atoms with Crippen LogP contribution in [0, 0.1) is 0 Å². The van der Waals surface area contributed by atoms with Gasteiger partial charge in [-0.3, -0.25) is 10.1 Å². The summed E-state index contributed by atoms with van der Waals surface area (Å²) in [4.78, 5) is 12.0. The Bertz CT molecular complexity index is 831. The Morgan fingerprint density at radius 2 is 1.48 bits per heavy atom. The van der Waals surface area contributed by atoms with Gasteiger partial charge in [0.2, 0.25) is 0 Å². The van der Waals surface area contributed by atoms with Crippen molar-refractivity contribution in [3.63, 3.8) is 0 Å². The largest absolute Gasteiger partial charge is 0.416 e. The van der Waals surface area contributed by atoms with Crippen LogP contribution in [0.15, 0.2) is 48.5 Å². The minimum atomic E-state index is -4.54. The number of alkyl halides is 6. The van der Waals surface area contributed by atoms with Crippen LogP contribution in [-0.4, -0.2) is 11.0 Å². The number of hydrogen-bond donors (Lipinski definition) is 2. The summed E-state index contributed by atoms with van der Waals surface area (Å²) >= 11 is 4.85. The van der Waals surface area contributed by atoms with Crippen LogP contribution >= 0.6 is 12.2 Å². The normalized spacial score (nSPS) is 11.8. The summed E-state index contributed by atoms with van der Waals surface area (Å²) in [6, 6.07) is 8.28. The minimum Gasteiger partial charge on any atom is -0.358 e. The second-order valence-electron chi connectivity index (χ2n) is 5.37. The Kier molecular flexibility index (Phi) is 6.09. The molecule has 0 radical (unpaired) electrons. The molecule has 2 rings (SSSR count).